The number of sulfone groups is 1. The van der Waals surface area contributed by atoms with Gasteiger partial charge in [-0.2, -0.15) is 0 Å². The first-order chi connectivity index (χ1) is 11.5. The van der Waals surface area contributed by atoms with Crippen LogP contribution in [0.1, 0.15) is 6.42 Å². The number of hydrogen-bond donors (Lipinski definition) is 2. The Morgan fingerprint density at radius 3 is 2.56 bits per heavy atom. The van der Waals surface area contributed by atoms with Gasteiger partial charge >= 0.3 is 0 Å². The van der Waals surface area contributed by atoms with E-state index in [1.165, 1.54) is 0 Å². The van der Waals surface area contributed by atoms with Gasteiger partial charge in [0.15, 0.2) is 15.8 Å². The van der Waals surface area contributed by atoms with Gasteiger partial charge in [-0.3, -0.25) is 4.99 Å². The lowest BCUT2D eigenvalue weighted by Crippen LogP contribution is -2.23. The molecule has 25 heavy (non-hydrogen) atoms. The summed E-state index contributed by atoms with van der Waals surface area (Å²) in [5.41, 5.74) is 6.56. The number of nitrogens with zero attached hydrogens (tertiary/aromatic N) is 1. The summed E-state index contributed by atoms with van der Waals surface area (Å²) in [6.07, 6.45) is 0.401. The second kappa shape index (κ2) is 10.2. The molecule has 3 N–H and O–H groups in total. The summed E-state index contributed by atoms with van der Waals surface area (Å²) in [5.74, 6) is 0.981. The van der Waals surface area contributed by atoms with E-state index in [0.29, 0.717) is 23.6 Å². The molecule has 2 aromatic carbocycles. The minimum atomic E-state index is -3.27. The van der Waals surface area contributed by atoms with Gasteiger partial charge in [0.05, 0.1) is 17.8 Å². The zero-order valence-corrected chi connectivity index (χ0v) is 17.0. The Labute approximate surface area is 165 Å². The van der Waals surface area contributed by atoms with Crippen LogP contribution >= 0.6 is 24.0 Å². The van der Waals surface area contributed by atoms with Crippen LogP contribution in [0, 0.1) is 0 Å². The Balaban J connectivity index is 0.00000312. The van der Waals surface area contributed by atoms with Gasteiger partial charge < -0.3 is 15.8 Å². The van der Waals surface area contributed by atoms with Crippen LogP contribution in [0.4, 0.5) is 5.69 Å². The quantitative estimate of drug-likeness (QED) is 0.278. The molecule has 0 fully saturated rings. The van der Waals surface area contributed by atoms with Gasteiger partial charge in [0.25, 0.3) is 0 Å². The summed E-state index contributed by atoms with van der Waals surface area (Å²) in [5, 5.41) is 2.94. The fourth-order valence-electron chi connectivity index (χ4n) is 2.09. The van der Waals surface area contributed by atoms with Crippen LogP contribution < -0.4 is 15.8 Å². The van der Waals surface area contributed by atoms with Crippen LogP contribution in [0.3, 0.4) is 0 Å². The second-order valence-corrected chi connectivity index (χ2v) is 7.22. The molecule has 0 amide bonds. The van der Waals surface area contributed by atoms with E-state index in [2.05, 4.69) is 10.3 Å². The second-order valence-electron chi connectivity index (χ2n) is 5.11. The molecule has 136 valence electrons. The molecule has 2 rings (SSSR count). The number of guanidine groups is 1. The zero-order chi connectivity index (χ0) is 17.4. The lowest BCUT2D eigenvalue weighted by atomic mass is 10.3. The monoisotopic (exact) mass is 475 g/mol. The van der Waals surface area contributed by atoms with Crippen LogP contribution in [0.2, 0.25) is 0 Å². The standard InChI is InChI=1S/C17H21N3O3S.HI/c1-23-15-8-5-7-14(13-15)20-17(18)19-11-6-12-24(21,22)16-9-3-2-4-10-16;/h2-5,7-10,13H,6,11-12H2,1H3,(H3,18,19,20);1H. The molecule has 8 heteroatoms. The Morgan fingerprint density at radius 2 is 1.88 bits per heavy atom. The molecule has 0 aliphatic carbocycles. The number of nitrogens with one attached hydrogen (secondary N) is 1. The first-order valence-corrected chi connectivity index (χ1v) is 9.15. The normalized spacial score (nSPS) is 11.5. The molecule has 2 aromatic rings. The molecular weight excluding hydrogens is 453 g/mol. The van der Waals surface area contributed by atoms with Crippen molar-refractivity contribution in [2.75, 3.05) is 24.7 Å². The Bertz CT molecular complexity index is 796. The van der Waals surface area contributed by atoms with Gasteiger partial charge in [-0.1, -0.05) is 24.3 Å². The molecule has 0 radical (unpaired) electrons. The van der Waals surface area contributed by atoms with Crippen molar-refractivity contribution < 1.29 is 13.2 Å². The first-order valence-electron chi connectivity index (χ1n) is 7.50. The predicted molar refractivity (Wildman–Crippen MR) is 112 cm³/mol. The fraction of sp³-hybridized carbons (Fsp3) is 0.235. The van der Waals surface area contributed by atoms with Gasteiger partial charge in [-0.25, -0.2) is 8.42 Å². The summed E-state index contributed by atoms with van der Waals surface area (Å²) >= 11 is 0. The molecule has 0 aliphatic rings. The maximum atomic E-state index is 12.1. The van der Waals surface area contributed by atoms with E-state index in [1.807, 2.05) is 18.2 Å². The number of anilines is 1. The number of methoxy groups -OCH3 is 1. The number of hydrogen-bond acceptors (Lipinski definition) is 4. The summed E-state index contributed by atoms with van der Waals surface area (Å²) in [6, 6.07) is 15.7. The lowest BCUT2D eigenvalue weighted by molar-refractivity contribution is 0.415. The van der Waals surface area contributed by atoms with Crippen LogP contribution in [-0.2, 0) is 9.84 Å². The molecule has 0 bridgehead atoms. The van der Waals surface area contributed by atoms with Crippen molar-refractivity contribution >= 4 is 45.5 Å². The average Bonchev–Trinajstić information content (AvgIpc) is 2.60. The molecular formula is C17H22IN3O3S. The Hall–Kier alpha value is -1.81. The van der Waals surface area contributed by atoms with Crippen LogP contribution in [-0.4, -0.2) is 33.8 Å². The van der Waals surface area contributed by atoms with Gasteiger partial charge in [0, 0.05) is 18.3 Å². The van der Waals surface area contributed by atoms with Crippen molar-refractivity contribution in [3.63, 3.8) is 0 Å². The Morgan fingerprint density at radius 1 is 1.16 bits per heavy atom. The largest absolute Gasteiger partial charge is 0.497 e. The third-order valence-corrected chi connectivity index (χ3v) is 5.11. The van der Waals surface area contributed by atoms with Crippen molar-refractivity contribution in [2.45, 2.75) is 11.3 Å². The highest BCUT2D eigenvalue weighted by Crippen LogP contribution is 2.16. The molecule has 0 aliphatic heterocycles. The van der Waals surface area contributed by atoms with Crippen molar-refractivity contribution in [2.24, 2.45) is 10.7 Å². The smallest absolute Gasteiger partial charge is 0.193 e. The molecule has 0 saturated carbocycles. The molecule has 0 spiro atoms. The maximum Gasteiger partial charge on any atom is 0.193 e. The minimum Gasteiger partial charge on any atom is -0.497 e. The van der Waals surface area contributed by atoms with Crippen LogP contribution in [0.5, 0.6) is 5.75 Å². The highest BCUT2D eigenvalue weighted by atomic mass is 127. The number of ether oxygens (including phenoxy) is 1. The van der Waals surface area contributed by atoms with E-state index in [9.17, 15) is 8.42 Å². The van der Waals surface area contributed by atoms with E-state index >= 15 is 0 Å². The average molecular weight is 475 g/mol. The highest BCUT2D eigenvalue weighted by molar-refractivity contribution is 14.0. The van der Waals surface area contributed by atoms with Gasteiger partial charge in [-0.05, 0) is 30.7 Å². The summed E-state index contributed by atoms with van der Waals surface area (Å²) in [4.78, 5) is 4.48. The van der Waals surface area contributed by atoms with Crippen LogP contribution in [0.15, 0.2) is 64.5 Å². The third kappa shape index (κ3) is 6.91. The third-order valence-electron chi connectivity index (χ3n) is 3.30. The summed E-state index contributed by atoms with van der Waals surface area (Å²) in [7, 11) is -1.69. The molecule has 0 atom stereocenters. The van der Waals surface area contributed by atoms with Gasteiger partial charge in [-0.15, -0.1) is 24.0 Å². The predicted octanol–water partition coefficient (Wildman–Crippen LogP) is 2.90. The van der Waals surface area contributed by atoms with Crippen molar-refractivity contribution in [3.8, 4) is 5.75 Å². The Kier molecular flexibility index (Phi) is 8.70. The fourth-order valence-corrected chi connectivity index (χ4v) is 3.40. The molecule has 0 saturated heterocycles. The summed E-state index contributed by atoms with van der Waals surface area (Å²) < 4.78 is 29.4. The van der Waals surface area contributed by atoms with Gasteiger partial charge in [0.1, 0.15) is 5.75 Å². The molecule has 0 aromatic heterocycles. The SMILES string of the molecule is COc1cccc(NC(N)=NCCCS(=O)(=O)c2ccccc2)c1.I. The van der Waals surface area contributed by atoms with E-state index in [0.717, 1.165) is 5.69 Å². The topological polar surface area (TPSA) is 93.8 Å². The van der Waals surface area contributed by atoms with Gasteiger partial charge in [0.2, 0.25) is 0 Å². The number of aliphatic imine (C=N–C) groups is 1. The van der Waals surface area contributed by atoms with Crippen molar-refractivity contribution in [1.82, 2.24) is 0 Å². The van der Waals surface area contributed by atoms with Crippen molar-refractivity contribution in [1.29, 1.82) is 0 Å². The van der Waals surface area contributed by atoms with E-state index in [1.54, 1.807) is 43.5 Å². The van der Waals surface area contributed by atoms with Crippen LogP contribution in [0.25, 0.3) is 0 Å². The maximum absolute atomic E-state index is 12.1. The molecule has 0 unspecified atom stereocenters. The van der Waals surface area contributed by atoms with E-state index < -0.39 is 9.84 Å². The molecule has 6 nitrogen and oxygen atoms in total. The van der Waals surface area contributed by atoms with E-state index in [4.69, 9.17) is 10.5 Å². The lowest BCUT2D eigenvalue weighted by Gasteiger charge is -2.07. The highest BCUT2D eigenvalue weighted by Gasteiger charge is 2.12. The zero-order valence-electron chi connectivity index (χ0n) is 13.9. The summed E-state index contributed by atoms with van der Waals surface area (Å²) in [6.45, 7) is 0.328. The minimum absolute atomic E-state index is 0. The number of benzene rings is 2. The first kappa shape index (κ1) is 21.2. The van der Waals surface area contributed by atoms with Crippen molar-refractivity contribution in [3.05, 3.63) is 54.6 Å². The van der Waals surface area contributed by atoms with E-state index in [-0.39, 0.29) is 35.7 Å². The number of rotatable bonds is 7. The molecule has 0 heterocycles. The number of halogens is 1. The number of nitrogens with two attached hydrogens (primary N) is 1.